The molecule has 0 saturated heterocycles. The maximum absolute atomic E-state index is 13.5. The number of hydrogen-bond acceptors (Lipinski definition) is 4. The molecule has 1 amide bonds. The number of fused-ring (bicyclic) bond motifs is 3. The lowest BCUT2D eigenvalue weighted by Crippen LogP contribution is -2.30. The Morgan fingerprint density at radius 1 is 1.03 bits per heavy atom. The van der Waals surface area contributed by atoms with Gasteiger partial charge < -0.3 is 14.6 Å². The molecule has 7 nitrogen and oxygen atoms in total. The van der Waals surface area contributed by atoms with E-state index in [1.54, 1.807) is 24.4 Å². The molecule has 0 atom stereocenters. The van der Waals surface area contributed by atoms with Crippen molar-refractivity contribution in [3.8, 4) is 5.75 Å². The van der Waals surface area contributed by atoms with Crippen molar-refractivity contribution in [2.45, 2.75) is 13.1 Å². The topological polar surface area (TPSA) is 78.2 Å². The van der Waals surface area contributed by atoms with Crippen LogP contribution >= 0.6 is 11.6 Å². The number of ether oxygens (including phenoxy) is 1. The lowest BCUT2D eigenvalue weighted by atomic mass is 10.2. The Balaban J connectivity index is 1.55. The Morgan fingerprint density at radius 3 is 2.59 bits per heavy atom. The van der Waals surface area contributed by atoms with E-state index in [-0.39, 0.29) is 12.1 Å². The van der Waals surface area contributed by atoms with E-state index in [0.717, 1.165) is 21.9 Å². The summed E-state index contributed by atoms with van der Waals surface area (Å²) in [5.74, 6) is 0.0525. The molecule has 0 saturated carbocycles. The molecule has 5 aromatic rings. The third kappa shape index (κ3) is 4.02. The van der Waals surface area contributed by atoms with E-state index in [1.807, 2.05) is 59.2 Å². The number of amides is 1. The smallest absolute Gasteiger partial charge is 0.291 e. The van der Waals surface area contributed by atoms with Crippen molar-refractivity contribution in [1.29, 1.82) is 0 Å². The van der Waals surface area contributed by atoms with Crippen molar-refractivity contribution in [3.05, 3.63) is 99.9 Å². The predicted molar refractivity (Wildman–Crippen MR) is 134 cm³/mol. The summed E-state index contributed by atoms with van der Waals surface area (Å²) in [5.41, 5.74) is 2.60. The summed E-state index contributed by atoms with van der Waals surface area (Å²) in [4.78, 5) is 26.3. The zero-order valence-electron chi connectivity index (χ0n) is 18.4. The quantitative estimate of drug-likeness (QED) is 0.388. The van der Waals surface area contributed by atoms with Gasteiger partial charge in [0.2, 0.25) is 5.91 Å². The summed E-state index contributed by atoms with van der Waals surface area (Å²) in [5, 5.41) is 9.20. The summed E-state index contributed by atoms with van der Waals surface area (Å²) in [7, 11) is 1.50. The fourth-order valence-corrected chi connectivity index (χ4v) is 4.31. The number of halogens is 1. The van der Waals surface area contributed by atoms with E-state index in [9.17, 15) is 9.59 Å². The zero-order valence-corrected chi connectivity index (χ0v) is 19.1. The number of aromatic nitrogens is 3. The average molecular weight is 473 g/mol. The average Bonchev–Trinajstić information content (AvgIpc) is 3.16. The Hall–Kier alpha value is -4.10. The molecule has 2 aromatic heterocycles. The van der Waals surface area contributed by atoms with Crippen LogP contribution in [0.3, 0.4) is 0 Å². The zero-order chi connectivity index (χ0) is 23.7. The van der Waals surface area contributed by atoms with Crippen LogP contribution in [-0.2, 0) is 17.9 Å². The lowest BCUT2D eigenvalue weighted by molar-refractivity contribution is -0.117. The van der Waals surface area contributed by atoms with Crippen LogP contribution in [0, 0.1) is 0 Å². The van der Waals surface area contributed by atoms with Crippen molar-refractivity contribution in [3.63, 3.8) is 0 Å². The molecule has 0 bridgehead atoms. The molecule has 0 spiro atoms. The number of anilines is 1. The van der Waals surface area contributed by atoms with E-state index in [1.165, 1.54) is 11.8 Å². The normalized spacial score (nSPS) is 11.1. The van der Waals surface area contributed by atoms with E-state index in [4.69, 9.17) is 16.3 Å². The third-order valence-corrected chi connectivity index (χ3v) is 5.92. The summed E-state index contributed by atoms with van der Waals surface area (Å²) in [6.07, 6.45) is 1.65. The number of para-hydroxylation sites is 1. The Kier molecular flexibility index (Phi) is 5.77. The highest BCUT2D eigenvalue weighted by Crippen LogP contribution is 2.28. The molecule has 3 aromatic carbocycles. The largest absolute Gasteiger partial charge is 0.495 e. The van der Waals surface area contributed by atoms with Gasteiger partial charge in [0.25, 0.3) is 5.56 Å². The van der Waals surface area contributed by atoms with E-state index in [2.05, 4.69) is 10.4 Å². The van der Waals surface area contributed by atoms with Gasteiger partial charge in [-0.2, -0.15) is 5.10 Å². The first-order valence-electron chi connectivity index (χ1n) is 10.7. The molecule has 34 heavy (non-hydrogen) atoms. The predicted octanol–water partition coefficient (Wildman–Crippen LogP) is 4.70. The number of nitrogens with one attached hydrogen (secondary N) is 1. The van der Waals surface area contributed by atoms with E-state index >= 15 is 0 Å². The molecule has 0 aliphatic rings. The summed E-state index contributed by atoms with van der Waals surface area (Å²) in [6.45, 7) is 0.271. The number of rotatable bonds is 6. The fraction of sp³-hybridized carbons (Fsp3) is 0.115. The SMILES string of the molecule is COc1ccc(Cl)cc1NC(=O)Cn1ncc2c3ccccc3n(Cc3ccccc3)c2c1=O. The molecular weight excluding hydrogens is 452 g/mol. The first-order chi connectivity index (χ1) is 16.5. The number of carbonyl (C=O) groups excluding carboxylic acids is 1. The first-order valence-corrected chi connectivity index (χ1v) is 11.1. The molecule has 8 heteroatoms. The van der Waals surface area contributed by atoms with Gasteiger partial charge in [0.1, 0.15) is 17.8 Å². The van der Waals surface area contributed by atoms with E-state index < -0.39 is 5.91 Å². The fourth-order valence-electron chi connectivity index (χ4n) is 4.14. The van der Waals surface area contributed by atoms with Crippen molar-refractivity contribution < 1.29 is 9.53 Å². The van der Waals surface area contributed by atoms with Crippen LogP contribution in [0.15, 0.2) is 83.8 Å². The van der Waals surface area contributed by atoms with Crippen LogP contribution < -0.4 is 15.6 Å². The molecule has 0 aliphatic heterocycles. The summed E-state index contributed by atoms with van der Waals surface area (Å²) >= 11 is 6.05. The first kappa shape index (κ1) is 21.7. The van der Waals surface area contributed by atoms with Gasteiger partial charge in [0.15, 0.2) is 0 Å². The maximum atomic E-state index is 13.5. The van der Waals surface area contributed by atoms with Crippen molar-refractivity contribution >= 4 is 45.0 Å². The molecule has 1 N–H and O–H groups in total. The van der Waals surface area contributed by atoms with Gasteiger partial charge in [-0.05, 0) is 29.8 Å². The minimum atomic E-state index is -0.416. The summed E-state index contributed by atoms with van der Waals surface area (Å²) in [6, 6.07) is 22.7. The van der Waals surface area contributed by atoms with Crippen molar-refractivity contribution in [2.24, 2.45) is 0 Å². The molecule has 2 heterocycles. The van der Waals surface area contributed by atoms with Crippen LogP contribution in [0.2, 0.25) is 5.02 Å². The summed E-state index contributed by atoms with van der Waals surface area (Å²) < 4.78 is 8.44. The minimum absolute atomic E-state index is 0.253. The number of nitrogens with zero attached hydrogens (tertiary/aromatic N) is 3. The number of benzene rings is 3. The Morgan fingerprint density at radius 2 is 1.79 bits per heavy atom. The van der Waals surface area contributed by atoms with Crippen LogP contribution in [0.1, 0.15) is 5.56 Å². The van der Waals surface area contributed by atoms with Gasteiger partial charge in [0, 0.05) is 27.9 Å². The Labute approximate surface area is 200 Å². The second-order valence-corrected chi connectivity index (χ2v) is 8.29. The monoisotopic (exact) mass is 472 g/mol. The van der Waals surface area contributed by atoms with Crippen LogP contribution in [0.4, 0.5) is 5.69 Å². The van der Waals surface area contributed by atoms with Crippen molar-refractivity contribution in [1.82, 2.24) is 14.3 Å². The van der Waals surface area contributed by atoms with Gasteiger partial charge >= 0.3 is 0 Å². The minimum Gasteiger partial charge on any atom is -0.495 e. The number of carbonyl (C=O) groups is 1. The highest BCUT2D eigenvalue weighted by Gasteiger charge is 2.18. The van der Waals surface area contributed by atoms with Crippen LogP contribution in [0.25, 0.3) is 21.8 Å². The second-order valence-electron chi connectivity index (χ2n) is 7.85. The second kappa shape index (κ2) is 9.03. The standard InChI is InChI=1S/C26H21ClN4O3/c1-34-23-12-11-18(27)13-21(23)29-24(32)16-31-26(33)25-20(14-28-31)19-9-5-6-10-22(19)30(25)15-17-7-3-2-4-8-17/h2-14H,15-16H2,1H3,(H,29,32). The number of methoxy groups -OCH3 is 1. The van der Waals surface area contributed by atoms with E-state index in [0.29, 0.717) is 28.5 Å². The molecule has 0 radical (unpaired) electrons. The van der Waals surface area contributed by atoms with Gasteiger partial charge in [-0.15, -0.1) is 0 Å². The third-order valence-electron chi connectivity index (χ3n) is 5.69. The van der Waals surface area contributed by atoms with Crippen molar-refractivity contribution in [2.75, 3.05) is 12.4 Å². The molecule has 0 unspecified atom stereocenters. The van der Waals surface area contributed by atoms with Gasteiger partial charge in [-0.3, -0.25) is 9.59 Å². The maximum Gasteiger partial charge on any atom is 0.291 e. The highest BCUT2D eigenvalue weighted by molar-refractivity contribution is 6.31. The van der Waals surface area contributed by atoms with Gasteiger partial charge in [-0.25, -0.2) is 4.68 Å². The van der Waals surface area contributed by atoms with Gasteiger partial charge in [-0.1, -0.05) is 60.1 Å². The Bertz CT molecular complexity index is 1570. The number of hydrogen-bond donors (Lipinski definition) is 1. The molecule has 0 aliphatic carbocycles. The van der Waals surface area contributed by atoms with Crippen LogP contribution in [0.5, 0.6) is 5.75 Å². The molecule has 170 valence electrons. The molecule has 0 fully saturated rings. The van der Waals surface area contributed by atoms with Gasteiger partial charge in [0.05, 0.1) is 19.0 Å². The lowest BCUT2D eigenvalue weighted by Gasteiger charge is -2.11. The molecular formula is C26H21ClN4O3. The molecule has 5 rings (SSSR count). The highest BCUT2D eigenvalue weighted by atomic mass is 35.5. The van der Waals surface area contributed by atoms with Crippen LogP contribution in [-0.4, -0.2) is 27.4 Å².